The van der Waals surface area contributed by atoms with Crippen molar-refractivity contribution in [3.8, 4) is 11.3 Å². The van der Waals surface area contributed by atoms with Gasteiger partial charge in [-0.2, -0.15) is 5.10 Å². The molecular weight excluding hydrogens is 362 g/mol. The smallest absolute Gasteiger partial charge is 0.236 e. The van der Waals surface area contributed by atoms with Crippen LogP contribution >= 0.6 is 0 Å². The number of carbonyl (C=O) groups excluding carboxylic acids is 1. The van der Waals surface area contributed by atoms with Crippen LogP contribution in [0, 0.1) is 0 Å². The molecule has 6 nitrogen and oxygen atoms in total. The van der Waals surface area contributed by atoms with E-state index in [0.717, 1.165) is 44.8 Å². The number of hydrogen-bond acceptors (Lipinski definition) is 4. The lowest BCUT2D eigenvalue weighted by molar-refractivity contribution is -0.132. The number of rotatable bonds is 8. The van der Waals surface area contributed by atoms with E-state index >= 15 is 0 Å². The summed E-state index contributed by atoms with van der Waals surface area (Å²) in [6.45, 7) is 11.0. The van der Waals surface area contributed by atoms with Gasteiger partial charge in [0, 0.05) is 56.9 Å². The first kappa shape index (κ1) is 21.5. The average molecular weight is 398 g/mol. The van der Waals surface area contributed by atoms with Crippen molar-refractivity contribution in [1.29, 1.82) is 0 Å². The molecule has 3 rings (SSSR count). The van der Waals surface area contributed by atoms with Crippen LogP contribution in [0.5, 0.6) is 0 Å². The second-order valence-corrected chi connectivity index (χ2v) is 8.27. The molecule has 0 N–H and O–H groups in total. The third kappa shape index (κ3) is 5.06. The number of aromatic nitrogens is 2. The lowest BCUT2D eigenvalue weighted by atomic mass is 10.00. The zero-order valence-electron chi connectivity index (χ0n) is 18.6. The molecule has 0 saturated carbocycles. The molecule has 0 unspecified atom stereocenters. The molecule has 0 aliphatic carbocycles. The summed E-state index contributed by atoms with van der Waals surface area (Å²) in [4.78, 5) is 19.4. The highest BCUT2D eigenvalue weighted by Crippen LogP contribution is 2.29. The van der Waals surface area contributed by atoms with Gasteiger partial charge < -0.3 is 9.80 Å². The highest BCUT2D eigenvalue weighted by molar-refractivity contribution is 5.78. The van der Waals surface area contributed by atoms with E-state index in [1.54, 1.807) is 0 Å². The van der Waals surface area contributed by atoms with Crippen LogP contribution in [0.15, 0.2) is 30.3 Å². The molecule has 2 aromatic rings. The van der Waals surface area contributed by atoms with E-state index in [2.05, 4.69) is 61.9 Å². The summed E-state index contributed by atoms with van der Waals surface area (Å²) < 4.78 is 1.99. The molecule has 2 heterocycles. The van der Waals surface area contributed by atoms with Crippen molar-refractivity contribution < 1.29 is 4.79 Å². The summed E-state index contributed by atoms with van der Waals surface area (Å²) in [7, 11) is 4.12. The first-order valence-electron chi connectivity index (χ1n) is 10.7. The maximum atomic E-state index is 12.9. The van der Waals surface area contributed by atoms with Gasteiger partial charge in [0.25, 0.3) is 0 Å². The Kier molecular flexibility index (Phi) is 7.09. The minimum atomic E-state index is 0.221. The summed E-state index contributed by atoms with van der Waals surface area (Å²) >= 11 is 0. The first-order valence-corrected chi connectivity index (χ1v) is 10.7. The van der Waals surface area contributed by atoms with E-state index in [-0.39, 0.29) is 5.91 Å². The van der Waals surface area contributed by atoms with Gasteiger partial charge in [0.05, 0.1) is 17.9 Å². The Morgan fingerprint density at radius 2 is 1.93 bits per heavy atom. The quantitative estimate of drug-likeness (QED) is 0.687. The van der Waals surface area contributed by atoms with Crippen LogP contribution in [-0.4, -0.2) is 76.2 Å². The van der Waals surface area contributed by atoms with Crippen LogP contribution in [0.2, 0.25) is 0 Å². The highest BCUT2D eigenvalue weighted by atomic mass is 16.2. The molecule has 6 heteroatoms. The maximum Gasteiger partial charge on any atom is 0.236 e. The summed E-state index contributed by atoms with van der Waals surface area (Å²) in [5, 5.41) is 4.78. The van der Waals surface area contributed by atoms with Crippen molar-refractivity contribution >= 4 is 5.91 Å². The fourth-order valence-corrected chi connectivity index (χ4v) is 3.87. The summed E-state index contributed by atoms with van der Waals surface area (Å²) in [5.41, 5.74) is 4.81. The number of nitrogens with zero attached hydrogens (tertiary/aromatic N) is 5. The molecule has 1 aliphatic heterocycles. The van der Waals surface area contributed by atoms with Crippen molar-refractivity contribution in [1.82, 2.24) is 24.5 Å². The van der Waals surface area contributed by atoms with Crippen LogP contribution in [-0.2, 0) is 24.8 Å². The average Bonchev–Trinajstić information content (AvgIpc) is 3.05. The maximum absolute atomic E-state index is 12.9. The lowest BCUT2D eigenvalue weighted by Gasteiger charge is -2.31. The number of amides is 1. The fourth-order valence-electron chi connectivity index (χ4n) is 3.87. The largest absolute Gasteiger partial charge is 0.341 e. The number of hydrogen-bond donors (Lipinski definition) is 0. The molecular formula is C23H35N5O. The molecule has 1 aliphatic rings. The standard InChI is InChI=1S/C23H35N5O/c1-6-28(15-14-25(4)18(2)3)22(29)17-27-13-12-20-21(16-27)26(5)24-23(20)19-10-8-7-9-11-19/h7-11,18H,6,12-17H2,1-5H3. The van der Waals surface area contributed by atoms with Crippen molar-refractivity contribution in [2.24, 2.45) is 7.05 Å². The molecule has 158 valence electrons. The van der Waals surface area contributed by atoms with Crippen molar-refractivity contribution in [3.63, 3.8) is 0 Å². The van der Waals surface area contributed by atoms with Crippen LogP contribution in [0.3, 0.4) is 0 Å². The van der Waals surface area contributed by atoms with Gasteiger partial charge in [0.15, 0.2) is 0 Å². The van der Waals surface area contributed by atoms with Crippen LogP contribution in [0.25, 0.3) is 11.3 Å². The van der Waals surface area contributed by atoms with Crippen molar-refractivity contribution in [3.05, 3.63) is 41.6 Å². The minimum Gasteiger partial charge on any atom is -0.341 e. The molecule has 0 bridgehead atoms. The Labute approximate surface area is 175 Å². The zero-order valence-corrected chi connectivity index (χ0v) is 18.6. The van der Waals surface area contributed by atoms with Gasteiger partial charge in [-0.3, -0.25) is 14.4 Å². The second-order valence-electron chi connectivity index (χ2n) is 8.27. The van der Waals surface area contributed by atoms with Gasteiger partial charge in [-0.25, -0.2) is 0 Å². The minimum absolute atomic E-state index is 0.221. The number of likely N-dealkylation sites (N-methyl/N-ethyl adjacent to an activating group) is 2. The number of aryl methyl sites for hydroxylation is 1. The van der Waals surface area contributed by atoms with Gasteiger partial charge >= 0.3 is 0 Å². The van der Waals surface area contributed by atoms with E-state index in [9.17, 15) is 4.79 Å². The summed E-state index contributed by atoms with van der Waals surface area (Å²) in [5.74, 6) is 0.221. The van der Waals surface area contributed by atoms with Crippen LogP contribution < -0.4 is 0 Å². The van der Waals surface area contributed by atoms with Crippen molar-refractivity contribution in [2.75, 3.05) is 39.8 Å². The number of carbonyl (C=O) groups is 1. The fraction of sp³-hybridized carbons (Fsp3) is 0.565. The third-order valence-corrected chi connectivity index (χ3v) is 6.07. The molecule has 1 amide bonds. The molecule has 1 aromatic heterocycles. The zero-order chi connectivity index (χ0) is 21.0. The Morgan fingerprint density at radius 1 is 1.21 bits per heavy atom. The van der Waals surface area contributed by atoms with Gasteiger partial charge in [0.1, 0.15) is 0 Å². The van der Waals surface area contributed by atoms with Crippen LogP contribution in [0.1, 0.15) is 32.0 Å². The van der Waals surface area contributed by atoms with Crippen molar-refractivity contribution in [2.45, 2.75) is 39.8 Å². The molecule has 0 atom stereocenters. The first-order chi connectivity index (χ1) is 13.9. The van der Waals surface area contributed by atoms with Gasteiger partial charge in [0.2, 0.25) is 5.91 Å². The van der Waals surface area contributed by atoms with Gasteiger partial charge in [-0.05, 0) is 34.2 Å². The molecule has 0 spiro atoms. The summed E-state index contributed by atoms with van der Waals surface area (Å²) in [6, 6.07) is 10.9. The Balaban J connectivity index is 1.64. The molecule has 0 fully saturated rings. The Hall–Kier alpha value is -2.18. The summed E-state index contributed by atoms with van der Waals surface area (Å²) in [6.07, 6.45) is 0.933. The second kappa shape index (κ2) is 9.55. The molecule has 0 radical (unpaired) electrons. The lowest BCUT2D eigenvalue weighted by Crippen LogP contribution is -2.45. The molecule has 1 aromatic carbocycles. The Morgan fingerprint density at radius 3 is 2.59 bits per heavy atom. The van der Waals surface area contributed by atoms with E-state index in [0.29, 0.717) is 12.6 Å². The molecule has 0 saturated heterocycles. The molecule has 29 heavy (non-hydrogen) atoms. The third-order valence-electron chi connectivity index (χ3n) is 6.07. The number of benzene rings is 1. The van der Waals surface area contributed by atoms with E-state index in [1.165, 1.54) is 16.8 Å². The topological polar surface area (TPSA) is 44.6 Å². The highest BCUT2D eigenvalue weighted by Gasteiger charge is 2.26. The SMILES string of the molecule is CCN(CCN(C)C(C)C)C(=O)CN1CCc2c(-c3ccccc3)nn(C)c2C1. The number of fused-ring (bicyclic) bond motifs is 1. The van der Waals surface area contributed by atoms with Gasteiger partial charge in [-0.15, -0.1) is 0 Å². The predicted octanol–water partition coefficient (Wildman–Crippen LogP) is 2.63. The Bertz CT molecular complexity index is 814. The van der Waals surface area contributed by atoms with E-state index in [4.69, 9.17) is 5.10 Å². The normalized spacial score (nSPS) is 14.4. The van der Waals surface area contributed by atoms with Crippen LogP contribution in [0.4, 0.5) is 0 Å². The monoisotopic (exact) mass is 397 g/mol. The van der Waals surface area contributed by atoms with E-state index in [1.807, 2.05) is 22.7 Å². The van der Waals surface area contributed by atoms with E-state index < -0.39 is 0 Å². The van der Waals surface area contributed by atoms with Gasteiger partial charge in [-0.1, -0.05) is 30.3 Å². The predicted molar refractivity (Wildman–Crippen MR) is 118 cm³/mol.